The van der Waals surface area contributed by atoms with Crippen molar-refractivity contribution in [2.45, 2.75) is 71.4 Å². The number of carbonyl (C=O) groups is 1. The monoisotopic (exact) mass is 344 g/mol. The van der Waals surface area contributed by atoms with Gasteiger partial charge in [0.2, 0.25) is 5.91 Å². The van der Waals surface area contributed by atoms with Gasteiger partial charge >= 0.3 is 0 Å². The minimum absolute atomic E-state index is 0.375. The maximum absolute atomic E-state index is 12.3. The van der Waals surface area contributed by atoms with Crippen molar-refractivity contribution in [3.63, 3.8) is 0 Å². The van der Waals surface area contributed by atoms with Crippen molar-refractivity contribution in [1.82, 2.24) is 20.0 Å². The molecule has 1 aromatic heterocycles. The van der Waals surface area contributed by atoms with Gasteiger partial charge in [-0.05, 0) is 64.4 Å². The molecule has 1 atom stereocenters. The summed E-state index contributed by atoms with van der Waals surface area (Å²) >= 11 is 0. The lowest BCUT2D eigenvalue weighted by Gasteiger charge is -2.23. The van der Waals surface area contributed by atoms with Gasteiger partial charge in [-0.15, -0.1) is 0 Å². The molecule has 5 heteroatoms. The molecule has 2 heterocycles. The lowest BCUT2D eigenvalue weighted by Crippen LogP contribution is -2.37. The average Bonchev–Trinajstić information content (AvgIpc) is 3.47. The number of amides is 1. The molecule has 138 valence electrons. The molecule has 2 aliphatic carbocycles. The molecule has 1 unspecified atom stereocenters. The molecule has 0 spiro atoms. The Morgan fingerprint density at radius 2 is 2.04 bits per heavy atom. The normalized spacial score (nSPS) is 25.9. The highest BCUT2D eigenvalue weighted by molar-refractivity contribution is 5.76. The minimum Gasteiger partial charge on any atom is -0.342 e. The number of aromatic nitrogens is 2. The summed E-state index contributed by atoms with van der Waals surface area (Å²) in [7, 11) is 0. The lowest BCUT2D eigenvalue weighted by molar-refractivity contribution is -0.130. The largest absolute Gasteiger partial charge is 0.342 e. The highest BCUT2D eigenvalue weighted by atomic mass is 16.2. The predicted octanol–water partition coefficient (Wildman–Crippen LogP) is 2.66. The number of aryl methyl sites for hydroxylation is 2. The summed E-state index contributed by atoms with van der Waals surface area (Å²) < 4.78 is 2.18. The van der Waals surface area contributed by atoms with Crippen LogP contribution in [0, 0.1) is 25.2 Å². The van der Waals surface area contributed by atoms with Crippen LogP contribution in [0.25, 0.3) is 0 Å². The molecule has 1 aliphatic heterocycles. The van der Waals surface area contributed by atoms with Gasteiger partial charge in [-0.25, -0.2) is 0 Å². The van der Waals surface area contributed by atoms with E-state index in [1.165, 1.54) is 31.4 Å². The quantitative estimate of drug-likeness (QED) is 0.827. The van der Waals surface area contributed by atoms with Gasteiger partial charge in [0.05, 0.1) is 5.69 Å². The van der Waals surface area contributed by atoms with Crippen molar-refractivity contribution in [2.75, 3.05) is 19.6 Å². The Kier molecular flexibility index (Phi) is 4.61. The van der Waals surface area contributed by atoms with Gasteiger partial charge in [-0.2, -0.15) is 5.10 Å². The van der Waals surface area contributed by atoms with Crippen molar-refractivity contribution in [3.05, 3.63) is 17.5 Å². The molecule has 25 heavy (non-hydrogen) atoms. The summed E-state index contributed by atoms with van der Waals surface area (Å²) in [5.74, 6) is 1.17. The molecule has 0 aromatic carbocycles. The zero-order valence-corrected chi connectivity index (χ0v) is 15.8. The molecule has 5 nitrogen and oxygen atoms in total. The van der Waals surface area contributed by atoms with E-state index < -0.39 is 0 Å². The summed E-state index contributed by atoms with van der Waals surface area (Å²) in [6.07, 6.45) is 8.04. The molecule has 1 aromatic rings. The second-order valence-corrected chi connectivity index (χ2v) is 8.77. The highest BCUT2D eigenvalue weighted by Gasteiger charge is 2.43. The van der Waals surface area contributed by atoms with E-state index in [4.69, 9.17) is 0 Å². The van der Waals surface area contributed by atoms with Crippen LogP contribution < -0.4 is 5.32 Å². The van der Waals surface area contributed by atoms with Gasteiger partial charge in [0.15, 0.2) is 0 Å². The Balaban J connectivity index is 1.27. The van der Waals surface area contributed by atoms with Gasteiger partial charge in [0.25, 0.3) is 0 Å². The van der Waals surface area contributed by atoms with E-state index in [-0.39, 0.29) is 0 Å². The van der Waals surface area contributed by atoms with E-state index in [1.54, 1.807) is 0 Å². The van der Waals surface area contributed by atoms with Gasteiger partial charge in [-0.1, -0.05) is 0 Å². The predicted molar refractivity (Wildman–Crippen MR) is 98.3 cm³/mol. The third kappa shape index (κ3) is 4.25. The number of rotatable bonds is 7. The van der Waals surface area contributed by atoms with E-state index in [0.29, 0.717) is 17.4 Å². The van der Waals surface area contributed by atoms with Crippen molar-refractivity contribution >= 4 is 5.91 Å². The van der Waals surface area contributed by atoms with E-state index in [1.807, 2.05) is 0 Å². The standard InChI is InChI=1S/C20H32N4O/c1-15-11-16(2)24(22-15)14-20(8-9-20)13-21-18-5-6-19(25)23(10-7-18)12-17-3-4-17/h11,17-18,21H,3-10,12-14H2,1-2H3. The molecule has 4 rings (SSSR count). The first-order chi connectivity index (χ1) is 12.0. The van der Waals surface area contributed by atoms with Crippen molar-refractivity contribution < 1.29 is 4.79 Å². The van der Waals surface area contributed by atoms with Crippen LogP contribution in [0.2, 0.25) is 0 Å². The number of hydrogen-bond acceptors (Lipinski definition) is 3. The summed E-state index contributed by atoms with van der Waals surface area (Å²) in [6.45, 7) is 8.25. The SMILES string of the molecule is Cc1cc(C)n(CC2(CNC3CCC(=O)N(CC4CC4)CC3)CC2)n1. The molecular weight excluding hydrogens is 312 g/mol. The number of nitrogens with one attached hydrogen (secondary N) is 1. The molecule has 1 saturated heterocycles. The van der Waals surface area contributed by atoms with E-state index >= 15 is 0 Å². The first kappa shape index (κ1) is 17.1. The van der Waals surface area contributed by atoms with Gasteiger partial charge in [-0.3, -0.25) is 9.48 Å². The summed E-state index contributed by atoms with van der Waals surface area (Å²) in [5.41, 5.74) is 2.76. The topological polar surface area (TPSA) is 50.2 Å². The fourth-order valence-electron chi connectivity index (χ4n) is 4.13. The third-order valence-electron chi connectivity index (χ3n) is 6.29. The van der Waals surface area contributed by atoms with Crippen LogP contribution in [0.3, 0.4) is 0 Å². The average molecular weight is 345 g/mol. The van der Waals surface area contributed by atoms with E-state index in [2.05, 4.69) is 39.9 Å². The Labute approximate surface area is 151 Å². The second-order valence-electron chi connectivity index (χ2n) is 8.77. The maximum Gasteiger partial charge on any atom is 0.222 e. The Hall–Kier alpha value is -1.36. The molecular formula is C20H32N4O. The summed E-state index contributed by atoms with van der Waals surface area (Å²) in [4.78, 5) is 14.4. The first-order valence-corrected chi connectivity index (χ1v) is 10.1. The van der Waals surface area contributed by atoms with Crippen LogP contribution in [-0.2, 0) is 11.3 Å². The molecule has 1 N–H and O–H groups in total. The van der Waals surface area contributed by atoms with Crippen LogP contribution in [0.15, 0.2) is 6.07 Å². The zero-order valence-electron chi connectivity index (χ0n) is 15.8. The molecule has 3 aliphatic rings. The molecule has 0 radical (unpaired) electrons. The van der Waals surface area contributed by atoms with Crippen LogP contribution in [-0.4, -0.2) is 46.3 Å². The third-order valence-corrected chi connectivity index (χ3v) is 6.29. The second kappa shape index (κ2) is 6.75. The number of carbonyl (C=O) groups excluding carboxylic acids is 1. The molecule has 2 saturated carbocycles. The Morgan fingerprint density at radius 1 is 1.24 bits per heavy atom. The van der Waals surface area contributed by atoms with Crippen molar-refractivity contribution in [2.24, 2.45) is 11.3 Å². The smallest absolute Gasteiger partial charge is 0.222 e. The summed E-state index contributed by atoms with van der Waals surface area (Å²) in [5, 5.41) is 8.44. The van der Waals surface area contributed by atoms with Gasteiger partial charge in [0, 0.05) is 49.8 Å². The number of hydrogen-bond donors (Lipinski definition) is 1. The number of nitrogens with zero attached hydrogens (tertiary/aromatic N) is 3. The lowest BCUT2D eigenvalue weighted by atomic mass is 10.0. The highest BCUT2D eigenvalue weighted by Crippen LogP contribution is 2.46. The van der Waals surface area contributed by atoms with Crippen LogP contribution in [0.4, 0.5) is 0 Å². The van der Waals surface area contributed by atoms with Crippen LogP contribution in [0.5, 0.6) is 0 Å². The van der Waals surface area contributed by atoms with E-state index in [0.717, 1.165) is 57.1 Å². The zero-order chi connectivity index (χ0) is 17.4. The van der Waals surface area contributed by atoms with Gasteiger partial charge < -0.3 is 10.2 Å². The maximum atomic E-state index is 12.3. The Morgan fingerprint density at radius 3 is 2.68 bits per heavy atom. The van der Waals surface area contributed by atoms with Gasteiger partial charge in [0.1, 0.15) is 0 Å². The van der Waals surface area contributed by atoms with Crippen molar-refractivity contribution in [1.29, 1.82) is 0 Å². The van der Waals surface area contributed by atoms with Crippen LogP contribution in [0.1, 0.15) is 56.3 Å². The molecule has 1 amide bonds. The molecule has 3 fully saturated rings. The molecule has 0 bridgehead atoms. The van der Waals surface area contributed by atoms with Crippen LogP contribution >= 0.6 is 0 Å². The fourth-order valence-corrected chi connectivity index (χ4v) is 4.13. The number of likely N-dealkylation sites (tertiary alicyclic amines) is 1. The summed E-state index contributed by atoms with van der Waals surface area (Å²) in [6, 6.07) is 2.65. The van der Waals surface area contributed by atoms with Crippen molar-refractivity contribution in [3.8, 4) is 0 Å². The Bertz CT molecular complexity index is 630. The van der Waals surface area contributed by atoms with E-state index in [9.17, 15) is 4.79 Å². The fraction of sp³-hybridized carbons (Fsp3) is 0.800. The minimum atomic E-state index is 0.375. The first-order valence-electron chi connectivity index (χ1n) is 10.1.